The molecular formula is C15H23N5OS. The normalized spacial score (nSPS) is 12.6. The average Bonchev–Trinajstić information content (AvgIpc) is 3.11. The van der Waals surface area contributed by atoms with Crippen LogP contribution in [-0.4, -0.2) is 26.7 Å². The molecule has 1 atom stereocenters. The summed E-state index contributed by atoms with van der Waals surface area (Å²) in [5.41, 5.74) is 9.45. The molecule has 120 valence electrons. The van der Waals surface area contributed by atoms with Gasteiger partial charge in [-0.15, -0.1) is 11.3 Å². The van der Waals surface area contributed by atoms with Crippen LogP contribution in [0.3, 0.4) is 0 Å². The molecule has 0 aliphatic carbocycles. The van der Waals surface area contributed by atoms with E-state index in [-0.39, 0.29) is 11.9 Å². The lowest BCUT2D eigenvalue weighted by molar-refractivity contribution is -0.117. The second kappa shape index (κ2) is 7.51. The van der Waals surface area contributed by atoms with E-state index in [2.05, 4.69) is 29.2 Å². The van der Waals surface area contributed by atoms with E-state index in [4.69, 9.17) is 5.73 Å². The van der Waals surface area contributed by atoms with Crippen LogP contribution >= 0.6 is 11.3 Å². The molecule has 2 aromatic rings. The molecule has 0 fully saturated rings. The Hall–Kier alpha value is -1.73. The molecule has 2 rings (SSSR count). The smallest absolute Gasteiger partial charge is 0.242 e. The minimum atomic E-state index is -0.618. The van der Waals surface area contributed by atoms with Gasteiger partial charge in [0.25, 0.3) is 0 Å². The van der Waals surface area contributed by atoms with Gasteiger partial charge in [0.05, 0.1) is 29.0 Å². The molecule has 0 aliphatic heterocycles. The molecule has 2 aromatic heterocycles. The number of aromatic nitrogens is 3. The van der Waals surface area contributed by atoms with Crippen molar-refractivity contribution in [3.8, 4) is 0 Å². The lowest BCUT2D eigenvalue weighted by Gasteiger charge is -2.18. The van der Waals surface area contributed by atoms with Crippen molar-refractivity contribution in [1.82, 2.24) is 14.8 Å². The zero-order chi connectivity index (χ0) is 16.1. The quantitative estimate of drug-likeness (QED) is 0.820. The van der Waals surface area contributed by atoms with E-state index in [1.54, 1.807) is 5.51 Å². The monoisotopic (exact) mass is 321 g/mol. The number of aryl methyl sites for hydroxylation is 1. The Kier molecular flexibility index (Phi) is 5.68. The van der Waals surface area contributed by atoms with Gasteiger partial charge in [0, 0.05) is 17.9 Å². The maximum atomic E-state index is 12.3. The fraction of sp³-hybridized carbons (Fsp3) is 0.533. The molecular weight excluding hydrogens is 298 g/mol. The summed E-state index contributed by atoms with van der Waals surface area (Å²) in [6.45, 7) is 6.15. The summed E-state index contributed by atoms with van der Waals surface area (Å²) in [4.78, 5) is 16.5. The number of nitrogens with two attached hydrogens (primary N) is 1. The zero-order valence-corrected chi connectivity index (χ0v) is 14.1. The Morgan fingerprint density at radius 3 is 2.77 bits per heavy atom. The highest BCUT2D eigenvalue weighted by molar-refractivity contribution is 7.07. The summed E-state index contributed by atoms with van der Waals surface area (Å²) in [5, 5.41) is 9.30. The minimum absolute atomic E-state index is 0.208. The van der Waals surface area contributed by atoms with Gasteiger partial charge in [-0.2, -0.15) is 5.10 Å². The Morgan fingerprint density at radius 2 is 2.18 bits per heavy atom. The van der Waals surface area contributed by atoms with E-state index in [1.807, 2.05) is 23.1 Å². The van der Waals surface area contributed by atoms with Crippen molar-refractivity contribution in [2.24, 2.45) is 5.73 Å². The van der Waals surface area contributed by atoms with Crippen molar-refractivity contribution in [3.63, 3.8) is 0 Å². The van der Waals surface area contributed by atoms with Crippen LogP contribution in [0.1, 0.15) is 44.1 Å². The zero-order valence-electron chi connectivity index (χ0n) is 13.2. The topological polar surface area (TPSA) is 85.8 Å². The van der Waals surface area contributed by atoms with E-state index in [0.717, 1.165) is 24.2 Å². The Labute approximate surface area is 134 Å². The first kappa shape index (κ1) is 16.6. The van der Waals surface area contributed by atoms with Crippen LogP contribution in [0, 0.1) is 6.92 Å². The number of nitrogens with zero attached hydrogens (tertiary/aromatic N) is 3. The predicted molar refractivity (Wildman–Crippen MR) is 89.0 cm³/mol. The van der Waals surface area contributed by atoms with Gasteiger partial charge >= 0.3 is 0 Å². The number of thiazole rings is 1. The van der Waals surface area contributed by atoms with Gasteiger partial charge < -0.3 is 11.1 Å². The summed E-state index contributed by atoms with van der Waals surface area (Å²) >= 11 is 1.50. The third-order valence-electron chi connectivity index (χ3n) is 3.65. The highest BCUT2D eigenvalue weighted by atomic mass is 32.1. The van der Waals surface area contributed by atoms with Gasteiger partial charge in [-0.1, -0.05) is 13.8 Å². The Bertz CT molecular complexity index is 603. The maximum absolute atomic E-state index is 12.3. The molecule has 22 heavy (non-hydrogen) atoms. The molecule has 0 aromatic carbocycles. The molecule has 0 saturated carbocycles. The lowest BCUT2D eigenvalue weighted by Crippen LogP contribution is -2.38. The van der Waals surface area contributed by atoms with E-state index < -0.39 is 6.04 Å². The highest BCUT2D eigenvalue weighted by Crippen LogP contribution is 2.22. The molecule has 7 heteroatoms. The fourth-order valence-corrected chi connectivity index (χ4v) is 2.97. The van der Waals surface area contributed by atoms with Crippen molar-refractivity contribution >= 4 is 23.1 Å². The van der Waals surface area contributed by atoms with Crippen molar-refractivity contribution in [2.75, 3.05) is 5.32 Å². The summed E-state index contributed by atoms with van der Waals surface area (Å²) in [6.07, 6.45) is 2.37. The van der Waals surface area contributed by atoms with Gasteiger partial charge in [-0.25, -0.2) is 9.67 Å². The van der Waals surface area contributed by atoms with Gasteiger partial charge in [-0.3, -0.25) is 4.79 Å². The molecule has 6 nitrogen and oxygen atoms in total. The molecule has 0 aliphatic rings. The maximum Gasteiger partial charge on any atom is 0.242 e. The van der Waals surface area contributed by atoms with Gasteiger partial charge in [-0.05, 0) is 19.8 Å². The summed E-state index contributed by atoms with van der Waals surface area (Å²) in [6, 6.07) is 1.54. The molecule has 3 N–H and O–H groups in total. The minimum Gasteiger partial charge on any atom is -0.320 e. The van der Waals surface area contributed by atoms with E-state index in [9.17, 15) is 4.79 Å². The van der Waals surface area contributed by atoms with Crippen LogP contribution < -0.4 is 11.1 Å². The van der Waals surface area contributed by atoms with Gasteiger partial charge in [0.15, 0.2) is 0 Å². The number of nitrogens with one attached hydrogen (secondary N) is 1. The van der Waals surface area contributed by atoms with E-state index >= 15 is 0 Å². The third kappa shape index (κ3) is 3.92. The van der Waals surface area contributed by atoms with Gasteiger partial charge in [0.2, 0.25) is 5.91 Å². The Balaban J connectivity index is 2.07. The van der Waals surface area contributed by atoms with Crippen LogP contribution in [0.5, 0.6) is 0 Å². The highest BCUT2D eigenvalue weighted by Gasteiger charge is 2.19. The first-order valence-corrected chi connectivity index (χ1v) is 8.49. The Morgan fingerprint density at radius 1 is 1.45 bits per heavy atom. The molecule has 1 amide bonds. The van der Waals surface area contributed by atoms with Crippen LogP contribution in [0.15, 0.2) is 17.0 Å². The predicted octanol–water partition coefficient (Wildman–Crippen LogP) is 2.52. The number of anilines is 1. The first-order chi connectivity index (χ1) is 10.5. The number of hydrogen-bond donors (Lipinski definition) is 2. The van der Waals surface area contributed by atoms with Crippen LogP contribution in [-0.2, 0) is 11.2 Å². The average molecular weight is 321 g/mol. The van der Waals surface area contributed by atoms with Crippen molar-refractivity contribution in [3.05, 3.63) is 28.3 Å². The van der Waals surface area contributed by atoms with Crippen LogP contribution in [0.2, 0.25) is 0 Å². The number of amides is 1. The molecule has 0 spiro atoms. The standard InChI is InChI=1S/C15H23N5OS/c1-4-12(5-2)20-14(6-10(3)19-20)18-15(21)13(16)7-11-8-22-9-17-11/h6,8-9,12-13H,4-5,7,16H2,1-3H3,(H,18,21)/t13-/m0/s1. The molecule has 2 heterocycles. The second-order valence-corrected chi connectivity index (χ2v) is 6.08. The van der Waals surface area contributed by atoms with Crippen molar-refractivity contribution in [1.29, 1.82) is 0 Å². The van der Waals surface area contributed by atoms with Gasteiger partial charge in [0.1, 0.15) is 5.82 Å². The molecule has 0 saturated heterocycles. The van der Waals surface area contributed by atoms with Crippen molar-refractivity contribution < 1.29 is 4.79 Å². The summed E-state index contributed by atoms with van der Waals surface area (Å²) < 4.78 is 1.89. The number of carbonyl (C=O) groups excluding carboxylic acids is 1. The van der Waals surface area contributed by atoms with Crippen molar-refractivity contribution in [2.45, 2.75) is 52.1 Å². The molecule has 0 bridgehead atoms. The summed E-state index contributed by atoms with van der Waals surface area (Å²) in [5.74, 6) is 0.505. The number of hydrogen-bond acceptors (Lipinski definition) is 5. The van der Waals surface area contributed by atoms with Crippen LogP contribution in [0.25, 0.3) is 0 Å². The summed E-state index contributed by atoms with van der Waals surface area (Å²) in [7, 11) is 0. The van der Waals surface area contributed by atoms with E-state index in [0.29, 0.717) is 12.2 Å². The SMILES string of the molecule is CCC(CC)n1nc(C)cc1NC(=O)[C@@H](N)Cc1cscn1. The number of carbonyl (C=O) groups is 1. The largest absolute Gasteiger partial charge is 0.320 e. The fourth-order valence-electron chi connectivity index (χ4n) is 2.40. The van der Waals surface area contributed by atoms with E-state index in [1.165, 1.54) is 11.3 Å². The third-order valence-corrected chi connectivity index (χ3v) is 4.28. The molecule has 0 radical (unpaired) electrons. The number of rotatable bonds is 7. The van der Waals surface area contributed by atoms with Crippen LogP contribution in [0.4, 0.5) is 5.82 Å². The first-order valence-electron chi connectivity index (χ1n) is 7.54. The lowest BCUT2D eigenvalue weighted by atomic mass is 10.1. The second-order valence-electron chi connectivity index (χ2n) is 5.37. The molecule has 0 unspecified atom stereocenters.